The highest BCUT2D eigenvalue weighted by molar-refractivity contribution is 6.05. The number of ketones is 1. The van der Waals surface area contributed by atoms with Crippen LogP contribution < -0.4 is 0 Å². The molecule has 1 fully saturated rings. The molecule has 1 nitrogen and oxygen atoms in total. The Morgan fingerprint density at radius 1 is 0.920 bits per heavy atom. The second kappa shape index (κ2) is 5.60. The molecule has 0 atom stereocenters. The number of Topliss-reactive ketones (excluding diaryl/α,β-unsaturated/α-hetero) is 1. The van der Waals surface area contributed by atoms with Gasteiger partial charge in [-0.3, -0.25) is 4.79 Å². The van der Waals surface area contributed by atoms with Crippen molar-refractivity contribution in [3.8, 4) is 11.8 Å². The molecule has 5 rings (SSSR count). The first-order valence-electron chi connectivity index (χ1n) is 9.50. The van der Waals surface area contributed by atoms with Crippen LogP contribution in [0.15, 0.2) is 42.5 Å². The molecule has 0 bridgehead atoms. The van der Waals surface area contributed by atoms with E-state index >= 15 is 0 Å². The van der Waals surface area contributed by atoms with Crippen LogP contribution >= 0.6 is 0 Å². The second-order valence-corrected chi connectivity index (χ2v) is 7.97. The maximum Gasteiger partial charge on any atom is 0.169 e. The van der Waals surface area contributed by atoms with Crippen molar-refractivity contribution >= 4 is 5.78 Å². The molecule has 2 aromatic rings. The molecule has 1 saturated carbocycles. The van der Waals surface area contributed by atoms with Crippen molar-refractivity contribution < 1.29 is 4.79 Å². The van der Waals surface area contributed by atoms with Gasteiger partial charge in [-0.2, -0.15) is 0 Å². The number of fused-ring (bicyclic) bond motifs is 2. The number of hydrogen-bond acceptors (Lipinski definition) is 1. The number of carbonyl (C=O) groups excluding carboxylic acids is 1. The monoisotopic (exact) mass is 326 g/mol. The van der Waals surface area contributed by atoms with Gasteiger partial charge in [0.25, 0.3) is 0 Å². The number of hydrogen-bond donors (Lipinski definition) is 0. The van der Waals surface area contributed by atoms with Gasteiger partial charge < -0.3 is 0 Å². The van der Waals surface area contributed by atoms with Crippen LogP contribution in [0.4, 0.5) is 0 Å². The zero-order chi connectivity index (χ0) is 16.9. The second-order valence-electron chi connectivity index (χ2n) is 7.97. The first kappa shape index (κ1) is 15.0. The zero-order valence-electron chi connectivity index (χ0n) is 14.5. The molecule has 0 unspecified atom stereocenters. The average molecular weight is 326 g/mol. The summed E-state index contributed by atoms with van der Waals surface area (Å²) in [6.45, 7) is 0. The Morgan fingerprint density at radius 2 is 1.64 bits per heavy atom. The van der Waals surface area contributed by atoms with Crippen LogP contribution in [0.25, 0.3) is 0 Å². The summed E-state index contributed by atoms with van der Waals surface area (Å²) in [5, 5.41) is 0. The van der Waals surface area contributed by atoms with E-state index < -0.39 is 0 Å². The first-order chi connectivity index (χ1) is 12.2. The minimum Gasteiger partial charge on any atom is -0.294 e. The smallest absolute Gasteiger partial charge is 0.169 e. The predicted molar refractivity (Wildman–Crippen MR) is 99.6 cm³/mol. The fourth-order valence-electron chi connectivity index (χ4n) is 4.49. The third-order valence-corrected chi connectivity index (χ3v) is 6.23. The Kier molecular flexibility index (Phi) is 3.35. The van der Waals surface area contributed by atoms with E-state index in [0.717, 1.165) is 43.2 Å². The van der Waals surface area contributed by atoms with Gasteiger partial charge in [-0.25, -0.2) is 0 Å². The number of benzene rings is 2. The van der Waals surface area contributed by atoms with Crippen molar-refractivity contribution in [2.45, 2.75) is 44.9 Å². The Labute approximate surface area is 149 Å². The molecule has 0 amide bonds. The van der Waals surface area contributed by atoms with E-state index in [1.165, 1.54) is 29.5 Å². The summed E-state index contributed by atoms with van der Waals surface area (Å²) in [7, 11) is 0. The van der Waals surface area contributed by atoms with E-state index in [4.69, 9.17) is 0 Å². The zero-order valence-corrected chi connectivity index (χ0v) is 14.5. The van der Waals surface area contributed by atoms with Crippen molar-refractivity contribution in [3.63, 3.8) is 0 Å². The molecule has 2 aromatic carbocycles. The highest BCUT2D eigenvalue weighted by atomic mass is 16.1. The molecule has 0 aliphatic heterocycles. The van der Waals surface area contributed by atoms with Crippen molar-refractivity contribution in [1.82, 2.24) is 0 Å². The lowest BCUT2D eigenvalue weighted by molar-refractivity contribution is 0.0794. The van der Waals surface area contributed by atoms with Crippen LogP contribution in [-0.4, -0.2) is 5.78 Å². The molecule has 3 aliphatic carbocycles. The summed E-state index contributed by atoms with van der Waals surface area (Å²) in [6, 6.07) is 15.0. The van der Waals surface area contributed by atoms with Crippen LogP contribution in [-0.2, 0) is 19.3 Å². The molecule has 0 aromatic heterocycles. The maximum atomic E-state index is 13.3. The van der Waals surface area contributed by atoms with E-state index in [9.17, 15) is 4.79 Å². The Bertz CT molecular complexity index is 894. The van der Waals surface area contributed by atoms with Gasteiger partial charge in [0.2, 0.25) is 0 Å². The topological polar surface area (TPSA) is 17.1 Å². The normalized spacial score (nSPS) is 20.4. The molecule has 124 valence electrons. The van der Waals surface area contributed by atoms with Crippen LogP contribution in [0.1, 0.15) is 58.3 Å². The molecule has 0 heterocycles. The van der Waals surface area contributed by atoms with Gasteiger partial charge in [0.15, 0.2) is 5.78 Å². The molecular formula is C24H22O. The van der Waals surface area contributed by atoms with Crippen molar-refractivity contribution in [2.24, 2.45) is 11.3 Å². The van der Waals surface area contributed by atoms with Gasteiger partial charge >= 0.3 is 0 Å². The lowest BCUT2D eigenvalue weighted by Crippen LogP contribution is -2.28. The highest BCUT2D eigenvalue weighted by Crippen LogP contribution is 2.46. The third-order valence-electron chi connectivity index (χ3n) is 6.23. The summed E-state index contributed by atoms with van der Waals surface area (Å²) < 4.78 is 0. The van der Waals surface area contributed by atoms with Crippen LogP contribution in [0.2, 0.25) is 0 Å². The van der Waals surface area contributed by atoms with Gasteiger partial charge in [-0.1, -0.05) is 42.2 Å². The van der Waals surface area contributed by atoms with Gasteiger partial charge in [0.05, 0.1) is 0 Å². The number of carbonyl (C=O) groups is 1. The van der Waals surface area contributed by atoms with E-state index in [0.29, 0.717) is 11.7 Å². The largest absolute Gasteiger partial charge is 0.294 e. The lowest BCUT2D eigenvalue weighted by atomic mass is 9.76. The Balaban J connectivity index is 1.45. The van der Waals surface area contributed by atoms with Gasteiger partial charge in [-0.15, -0.1) is 0 Å². The fourth-order valence-corrected chi connectivity index (χ4v) is 4.49. The van der Waals surface area contributed by atoms with E-state index in [1.54, 1.807) is 0 Å². The molecular weight excluding hydrogens is 304 g/mol. The quantitative estimate of drug-likeness (QED) is 0.638. The van der Waals surface area contributed by atoms with Crippen molar-refractivity contribution in [3.05, 3.63) is 70.3 Å². The summed E-state index contributed by atoms with van der Waals surface area (Å²) in [5.74, 6) is 7.54. The number of aryl methyl sites for hydroxylation is 2. The summed E-state index contributed by atoms with van der Waals surface area (Å²) in [4.78, 5) is 13.3. The third kappa shape index (κ3) is 2.61. The maximum absolute atomic E-state index is 13.3. The van der Waals surface area contributed by atoms with E-state index in [2.05, 4.69) is 54.3 Å². The minimum atomic E-state index is -0.191. The van der Waals surface area contributed by atoms with Gasteiger partial charge in [-0.05, 0) is 73.8 Å². The lowest BCUT2D eigenvalue weighted by Gasteiger charge is -2.25. The van der Waals surface area contributed by atoms with E-state index in [1.807, 2.05) is 0 Å². The minimum absolute atomic E-state index is 0.191. The van der Waals surface area contributed by atoms with E-state index in [-0.39, 0.29) is 5.41 Å². The fraction of sp³-hybridized carbons (Fsp3) is 0.375. The Morgan fingerprint density at radius 3 is 2.32 bits per heavy atom. The van der Waals surface area contributed by atoms with Crippen LogP contribution in [0.5, 0.6) is 0 Å². The molecule has 1 heteroatoms. The number of rotatable bonds is 0. The molecule has 0 N–H and O–H groups in total. The standard InChI is InChI=1S/C24H22O/c25-23-22-15-18(8-7-17-5-6-17)9-10-21(22)16-24(23)13-11-19-3-1-2-4-20(19)12-14-24/h1-4,9-10,15,17H,5-6,11-14,16H2. The van der Waals surface area contributed by atoms with Crippen LogP contribution in [0, 0.1) is 23.2 Å². The first-order valence-corrected chi connectivity index (χ1v) is 9.50. The average Bonchev–Trinajstić information content (AvgIpc) is 3.44. The molecule has 0 saturated heterocycles. The molecule has 3 aliphatic rings. The molecule has 25 heavy (non-hydrogen) atoms. The predicted octanol–water partition coefficient (Wildman–Crippen LogP) is 4.75. The summed E-state index contributed by atoms with van der Waals surface area (Å²) in [6.07, 6.45) is 7.36. The van der Waals surface area contributed by atoms with Gasteiger partial charge in [0, 0.05) is 22.5 Å². The SMILES string of the molecule is O=C1c2cc(C#CC3CC3)ccc2CC12CCc1ccccc1CC2. The van der Waals surface area contributed by atoms with Crippen molar-refractivity contribution in [1.29, 1.82) is 0 Å². The Hall–Kier alpha value is -2.33. The summed E-state index contributed by atoms with van der Waals surface area (Å²) >= 11 is 0. The molecule has 0 radical (unpaired) electrons. The van der Waals surface area contributed by atoms with Crippen LogP contribution in [0.3, 0.4) is 0 Å². The highest BCUT2D eigenvalue weighted by Gasteiger charge is 2.45. The molecule has 1 spiro atoms. The summed E-state index contributed by atoms with van der Waals surface area (Å²) in [5.41, 5.74) is 5.84. The van der Waals surface area contributed by atoms with Gasteiger partial charge in [0.1, 0.15) is 0 Å². The van der Waals surface area contributed by atoms with Crippen molar-refractivity contribution in [2.75, 3.05) is 0 Å².